The fourth-order valence-electron chi connectivity index (χ4n) is 3.65. The quantitative estimate of drug-likeness (QED) is 0.342. The summed E-state index contributed by atoms with van der Waals surface area (Å²) in [5.41, 5.74) is 13.2. The number of hydrogen-bond donors (Lipinski definition) is 2. The maximum Gasteiger partial charge on any atom is 0.0606 e. The third kappa shape index (κ3) is 3.71. The maximum atomic E-state index is 5.71. The van der Waals surface area contributed by atoms with Gasteiger partial charge in [0.2, 0.25) is 0 Å². The van der Waals surface area contributed by atoms with Crippen molar-refractivity contribution in [1.29, 1.82) is 0 Å². The lowest BCUT2D eigenvalue weighted by atomic mass is 9.98. The van der Waals surface area contributed by atoms with Crippen LogP contribution in [0.5, 0.6) is 0 Å². The summed E-state index contributed by atoms with van der Waals surface area (Å²) in [6.07, 6.45) is 3.18. The van der Waals surface area contributed by atoms with E-state index in [-0.39, 0.29) is 0 Å². The molecule has 0 unspecified atom stereocenters. The zero-order valence-electron chi connectivity index (χ0n) is 15.2. The molecular weight excluding hydrogens is 396 g/mol. The minimum absolute atomic E-state index is 0.743. The minimum Gasteiger partial charge on any atom is -0.353 e. The Morgan fingerprint density at radius 1 is 0.741 bits per heavy atom. The number of unbranched alkanes of at least 4 members (excludes halogenated alkanes) is 1. The van der Waals surface area contributed by atoms with Crippen molar-refractivity contribution < 1.29 is 0 Å². The first-order valence-electron chi connectivity index (χ1n) is 9.43. The lowest BCUT2D eigenvalue weighted by Gasteiger charge is -2.07. The topological polar surface area (TPSA) is 41.8 Å². The molecule has 136 valence electrons. The Labute approximate surface area is 168 Å². The summed E-state index contributed by atoms with van der Waals surface area (Å²) >= 11 is 3.69. The van der Waals surface area contributed by atoms with Gasteiger partial charge in [-0.25, -0.2) is 0 Å². The Bertz CT molecular complexity index is 1030. The molecule has 3 N–H and O–H groups in total. The van der Waals surface area contributed by atoms with Gasteiger partial charge in [-0.2, -0.15) is 0 Å². The first-order chi connectivity index (χ1) is 13.3. The normalized spacial score (nSPS) is 11.2. The van der Waals surface area contributed by atoms with Crippen LogP contribution in [-0.2, 0) is 6.42 Å². The molecule has 0 aliphatic carbocycles. The monoisotopic (exact) mass is 418 g/mol. The fourth-order valence-corrected chi connectivity index (χ4v) is 4.12. The van der Waals surface area contributed by atoms with Crippen molar-refractivity contribution in [1.82, 2.24) is 4.98 Å². The predicted octanol–water partition coefficient (Wildman–Crippen LogP) is 6.55. The Morgan fingerprint density at radius 2 is 1.44 bits per heavy atom. The lowest BCUT2D eigenvalue weighted by molar-refractivity contribution is 0.748. The number of benzene rings is 3. The van der Waals surface area contributed by atoms with Gasteiger partial charge in [0.1, 0.15) is 0 Å². The number of halogens is 1. The minimum atomic E-state index is 0.743. The van der Waals surface area contributed by atoms with Crippen molar-refractivity contribution in [2.75, 3.05) is 6.54 Å². The second-order valence-electron chi connectivity index (χ2n) is 6.83. The lowest BCUT2D eigenvalue weighted by Crippen LogP contribution is -1.99. The van der Waals surface area contributed by atoms with E-state index in [9.17, 15) is 0 Å². The molecule has 4 rings (SSSR count). The molecule has 1 heterocycles. The number of rotatable bonds is 6. The van der Waals surface area contributed by atoms with Gasteiger partial charge < -0.3 is 10.7 Å². The Kier molecular flexibility index (Phi) is 5.42. The van der Waals surface area contributed by atoms with Crippen LogP contribution in [0.2, 0.25) is 0 Å². The van der Waals surface area contributed by atoms with E-state index in [0.717, 1.165) is 30.3 Å². The van der Waals surface area contributed by atoms with Crippen molar-refractivity contribution in [3.8, 4) is 22.4 Å². The molecule has 3 heteroatoms. The average Bonchev–Trinajstić information content (AvgIpc) is 3.09. The molecule has 2 nitrogen and oxygen atoms in total. The van der Waals surface area contributed by atoms with Gasteiger partial charge in [0, 0.05) is 15.6 Å². The zero-order valence-corrected chi connectivity index (χ0v) is 16.8. The van der Waals surface area contributed by atoms with E-state index >= 15 is 0 Å². The zero-order chi connectivity index (χ0) is 18.6. The third-order valence-corrected chi connectivity index (χ3v) is 5.71. The molecule has 0 amide bonds. The summed E-state index contributed by atoms with van der Waals surface area (Å²) in [6.45, 7) is 0.743. The molecule has 0 radical (unpaired) electrons. The summed E-state index contributed by atoms with van der Waals surface area (Å²) in [4.78, 5) is 3.66. The SMILES string of the molecule is NCCCCc1c(-c2ccc(-c3ccccc3)cc2)[nH]c2c(Br)cccc12. The summed E-state index contributed by atoms with van der Waals surface area (Å²) in [7, 11) is 0. The van der Waals surface area contributed by atoms with Gasteiger partial charge in [-0.15, -0.1) is 0 Å². The number of hydrogen-bond acceptors (Lipinski definition) is 1. The molecule has 0 saturated heterocycles. The number of H-pyrrole nitrogens is 1. The standard InChI is InChI=1S/C24H23BrN2/c25-22-11-6-10-21-20(9-4-5-16-26)23(27-24(21)22)19-14-12-18(13-15-19)17-7-2-1-3-8-17/h1-3,6-8,10-15,27H,4-5,9,16,26H2. The second kappa shape index (κ2) is 8.12. The van der Waals surface area contributed by atoms with Gasteiger partial charge in [-0.1, -0.05) is 66.7 Å². The van der Waals surface area contributed by atoms with Crippen molar-refractivity contribution in [3.63, 3.8) is 0 Å². The largest absolute Gasteiger partial charge is 0.353 e. The van der Waals surface area contributed by atoms with Crippen LogP contribution in [0.4, 0.5) is 0 Å². The number of aryl methyl sites for hydroxylation is 1. The highest BCUT2D eigenvalue weighted by Crippen LogP contribution is 2.35. The van der Waals surface area contributed by atoms with E-state index in [1.54, 1.807) is 0 Å². The van der Waals surface area contributed by atoms with Gasteiger partial charge in [-0.3, -0.25) is 0 Å². The average molecular weight is 419 g/mol. The Hall–Kier alpha value is -2.36. The van der Waals surface area contributed by atoms with E-state index in [0.29, 0.717) is 0 Å². The number of fused-ring (bicyclic) bond motifs is 1. The predicted molar refractivity (Wildman–Crippen MR) is 119 cm³/mol. The van der Waals surface area contributed by atoms with Gasteiger partial charge in [0.15, 0.2) is 0 Å². The van der Waals surface area contributed by atoms with Gasteiger partial charge in [0.05, 0.1) is 5.52 Å². The number of aromatic amines is 1. The number of aromatic nitrogens is 1. The van der Waals surface area contributed by atoms with Crippen LogP contribution in [-0.4, -0.2) is 11.5 Å². The highest BCUT2D eigenvalue weighted by atomic mass is 79.9. The number of nitrogens with two attached hydrogens (primary N) is 1. The first kappa shape index (κ1) is 18.0. The molecule has 0 aliphatic heterocycles. The van der Waals surface area contributed by atoms with Crippen molar-refractivity contribution >= 4 is 26.8 Å². The van der Waals surface area contributed by atoms with Crippen LogP contribution >= 0.6 is 15.9 Å². The molecule has 0 saturated carbocycles. The Balaban J connectivity index is 1.76. The molecule has 3 aromatic carbocycles. The summed E-state index contributed by atoms with van der Waals surface area (Å²) in [5.74, 6) is 0. The molecule has 0 spiro atoms. The van der Waals surface area contributed by atoms with Crippen LogP contribution in [0.15, 0.2) is 77.3 Å². The molecule has 0 fully saturated rings. The van der Waals surface area contributed by atoms with Gasteiger partial charge >= 0.3 is 0 Å². The van der Waals surface area contributed by atoms with E-state index in [1.165, 1.54) is 38.9 Å². The van der Waals surface area contributed by atoms with Crippen LogP contribution in [0.3, 0.4) is 0 Å². The van der Waals surface area contributed by atoms with Crippen LogP contribution in [0.1, 0.15) is 18.4 Å². The van der Waals surface area contributed by atoms with E-state index in [1.807, 2.05) is 6.07 Å². The number of nitrogens with one attached hydrogen (secondary N) is 1. The molecule has 1 aromatic heterocycles. The van der Waals surface area contributed by atoms with Gasteiger partial charge in [0.25, 0.3) is 0 Å². The highest BCUT2D eigenvalue weighted by Gasteiger charge is 2.14. The number of para-hydroxylation sites is 1. The summed E-state index contributed by atoms with van der Waals surface area (Å²) in [6, 6.07) is 25.7. The van der Waals surface area contributed by atoms with Crippen molar-refractivity contribution in [2.24, 2.45) is 5.73 Å². The van der Waals surface area contributed by atoms with E-state index in [4.69, 9.17) is 5.73 Å². The molecule has 27 heavy (non-hydrogen) atoms. The fraction of sp³-hybridized carbons (Fsp3) is 0.167. The molecule has 0 bridgehead atoms. The molecule has 4 aromatic rings. The molecular formula is C24H23BrN2. The highest BCUT2D eigenvalue weighted by molar-refractivity contribution is 9.10. The van der Waals surface area contributed by atoms with E-state index < -0.39 is 0 Å². The summed E-state index contributed by atoms with van der Waals surface area (Å²) in [5, 5.41) is 1.29. The maximum absolute atomic E-state index is 5.71. The van der Waals surface area contributed by atoms with Crippen molar-refractivity contribution in [2.45, 2.75) is 19.3 Å². The third-order valence-electron chi connectivity index (χ3n) is 5.05. The van der Waals surface area contributed by atoms with Crippen LogP contribution in [0, 0.1) is 0 Å². The smallest absolute Gasteiger partial charge is 0.0606 e. The van der Waals surface area contributed by atoms with E-state index in [2.05, 4.69) is 87.6 Å². The van der Waals surface area contributed by atoms with Crippen LogP contribution in [0.25, 0.3) is 33.3 Å². The van der Waals surface area contributed by atoms with Crippen molar-refractivity contribution in [3.05, 3.63) is 82.8 Å². The molecule has 0 aliphatic rings. The van der Waals surface area contributed by atoms with Gasteiger partial charge in [-0.05, 0) is 70.1 Å². The Morgan fingerprint density at radius 3 is 2.19 bits per heavy atom. The van der Waals surface area contributed by atoms with Crippen LogP contribution < -0.4 is 5.73 Å². The summed E-state index contributed by atoms with van der Waals surface area (Å²) < 4.78 is 1.10. The first-order valence-corrected chi connectivity index (χ1v) is 10.2. The molecule has 0 atom stereocenters. The second-order valence-corrected chi connectivity index (χ2v) is 7.68.